The van der Waals surface area contributed by atoms with Crippen molar-refractivity contribution in [1.82, 2.24) is 9.88 Å². The molecule has 1 saturated heterocycles. The lowest BCUT2D eigenvalue weighted by molar-refractivity contribution is 0.201. The van der Waals surface area contributed by atoms with Crippen molar-refractivity contribution >= 4 is 16.8 Å². The molecule has 6 heteroatoms. The van der Waals surface area contributed by atoms with Crippen LogP contribution in [0.5, 0.6) is 5.75 Å². The number of anilines is 1. The standard InChI is InChI=1S/C23H29N3O3/c1-2-25-10-12-26(13-11-25)23-22-19(9-15-29-22)17-20(24-23)6-3-18-4-7-21(8-5-18)28-16-14-27/h4-5,7-9,15,17,27H,2-3,6,10-14,16H2,1H3. The molecule has 29 heavy (non-hydrogen) atoms. The first kappa shape index (κ1) is 19.7. The number of piperazine rings is 1. The van der Waals surface area contributed by atoms with Gasteiger partial charge < -0.3 is 24.1 Å². The second-order valence-electron chi connectivity index (χ2n) is 7.41. The van der Waals surface area contributed by atoms with E-state index in [1.165, 1.54) is 5.56 Å². The quantitative estimate of drug-likeness (QED) is 0.632. The number of ether oxygens (including phenoxy) is 1. The topological polar surface area (TPSA) is 62.0 Å². The number of pyridine rings is 1. The van der Waals surface area contributed by atoms with Crippen molar-refractivity contribution in [3.05, 3.63) is 53.9 Å². The lowest BCUT2D eigenvalue weighted by Crippen LogP contribution is -2.46. The summed E-state index contributed by atoms with van der Waals surface area (Å²) in [6.07, 6.45) is 3.55. The van der Waals surface area contributed by atoms with E-state index in [4.69, 9.17) is 19.2 Å². The van der Waals surface area contributed by atoms with Crippen LogP contribution in [0.2, 0.25) is 0 Å². The van der Waals surface area contributed by atoms with E-state index in [0.717, 1.165) is 73.8 Å². The van der Waals surface area contributed by atoms with Gasteiger partial charge in [0.25, 0.3) is 0 Å². The Morgan fingerprint density at radius 2 is 1.86 bits per heavy atom. The number of hydrogen-bond donors (Lipinski definition) is 1. The number of likely N-dealkylation sites (N-methyl/N-ethyl adjacent to an activating group) is 1. The molecule has 0 amide bonds. The van der Waals surface area contributed by atoms with Crippen LogP contribution >= 0.6 is 0 Å². The molecule has 1 fully saturated rings. The maximum atomic E-state index is 8.85. The van der Waals surface area contributed by atoms with E-state index < -0.39 is 0 Å². The molecule has 2 aromatic heterocycles. The summed E-state index contributed by atoms with van der Waals surface area (Å²) in [4.78, 5) is 9.80. The second-order valence-corrected chi connectivity index (χ2v) is 7.41. The van der Waals surface area contributed by atoms with Crippen LogP contribution < -0.4 is 9.64 Å². The number of aryl methyl sites for hydroxylation is 2. The van der Waals surface area contributed by atoms with E-state index in [-0.39, 0.29) is 6.61 Å². The lowest BCUT2D eigenvalue weighted by atomic mass is 10.1. The van der Waals surface area contributed by atoms with E-state index in [1.54, 1.807) is 6.26 Å². The summed E-state index contributed by atoms with van der Waals surface area (Å²) in [5.74, 6) is 1.76. The first-order chi connectivity index (χ1) is 14.3. The van der Waals surface area contributed by atoms with E-state index in [9.17, 15) is 0 Å². The van der Waals surface area contributed by atoms with Crippen molar-refractivity contribution in [1.29, 1.82) is 0 Å². The average molecular weight is 396 g/mol. The van der Waals surface area contributed by atoms with Gasteiger partial charge in [0.1, 0.15) is 12.4 Å². The highest BCUT2D eigenvalue weighted by Gasteiger charge is 2.21. The summed E-state index contributed by atoms with van der Waals surface area (Å²) in [5, 5.41) is 9.97. The molecule has 0 bridgehead atoms. The van der Waals surface area contributed by atoms with E-state index in [1.807, 2.05) is 18.2 Å². The summed E-state index contributed by atoms with van der Waals surface area (Å²) in [5.41, 5.74) is 3.23. The zero-order valence-electron chi connectivity index (χ0n) is 17.0. The Kier molecular flexibility index (Phi) is 6.32. The molecular weight excluding hydrogens is 366 g/mol. The van der Waals surface area contributed by atoms with Crippen LogP contribution in [-0.2, 0) is 12.8 Å². The van der Waals surface area contributed by atoms with E-state index >= 15 is 0 Å². The van der Waals surface area contributed by atoms with Crippen LogP contribution in [0, 0.1) is 0 Å². The molecule has 154 valence electrons. The third-order valence-corrected chi connectivity index (χ3v) is 5.54. The Hall–Kier alpha value is -2.57. The molecule has 0 atom stereocenters. The van der Waals surface area contributed by atoms with E-state index in [0.29, 0.717) is 6.61 Å². The maximum Gasteiger partial charge on any atom is 0.176 e. The van der Waals surface area contributed by atoms with Crippen LogP contribution in [0.4, 0.5) is 5.82 Å². The third-order valence-electron chi connectivity index (χ3n) is 5.54. The van der Waals surface area contributed by atoms with Gasteiger partial charge in [0.2, 0.25) is 0 Å². The summed E-state index contributed by atoms with van der Waals surface area (Å²) < 4.78 is 11.2. The van der Waals surface area contributed by atoms with Crippen molar-refractivity contribution < 1.29 is 14.3 Å². The Morgan fingerprint density at radius 3 is 2.59 bits per heavy atom. The molecule has 1 aromatic carbocycles. The monoisotopic (exact) mass is 395 g/mol. The van der Waals surface area contributed by atoms with Crippen LogP contribution in [-0.4, -0.2) is 60.9 Å². The molecule has 1 N–H and O–H groups in total. The Balaban J connectivity index is 1.46. The van der Waals surface area contributed by atoms with Gasteiger partial charge in [-0.25, -0.2) is 4.98 Å². The van der Waals surface area contributed by atoms with Gasteiger partial charge in [-0.3, -0.25) is 0 Å². The van der Waals surface area contributed by atoms with Crippen molar-refractivity contribution in [2.45, 2.75) is 19.8 Å². The van der Waals surface area contributed by atoms with Crippen molar-refractivity contribution in [3.8, 4) is 5.75 Å². The predicted molar refractivity (Wildman–Crippen MR) is 115 cm³/mol. The normalized spacial score (nSPS) is 15.2. The number of aromatic nitrogens is 1. The molecule has 1 aliphatic heterocycles. The second kappa shape index (κ2) is 9.29. The van der Waals surface area contributed by atoms with Crippen LogP contribution in [0.15, 0.2) is 47.1 Å². The van der Waals surface area contributed by atoms with Crippen molar-refractivity contribution in [2.75, 3.05) is 50.8 Å². The van der Waals surface area contributed by atoms with Crippen molar-refractivity contribution in [2.24, 2.45) is 0 Å². The van der Waals surface area contributed by atoms with Gasteiger partial charge in [-0.2, -0.15) is 0 Å². The molecule has 0 radical (unpaired) electrons. The fourth-order valence-corrected chi connectivity index (χ4v) is 3.82. The number of aliphatic hydroxyl groups is 1. The molecule has 4 rings (SSSR count). The molecule has 3 aromatic rings. The number of hydrogen-bond acceptors (Lipinski definition) is 6. The van der Waals surface area contributed by atoms with Crippen molar-refractivity contribution in [3.63, 3.8) is 0 Å². The Morgan fingerprint density at radius 1 is 1.07 bits per heavy atom. The van der Waals surface area contributed by atoms with Gasteiger partial charge >= 0.3 is 0 Å². The molecule has 1 aliphatic rings. The van der Waals surface area contributed by atoms with Gasteiger partial charge in [-0.05, 0) is 49.2 Å². The zero-order valence-corrected chi connectivity index (χ0v) is 17.0. The van der Waals surface area contributed by atoms with Crippen LogP contribution in [0.25, 0.3) is 11.0 Å². The number of nitrogens with zero attached hydrogens (tertiary/aromatic N) is 3. The third kappa shape index (κ3) is 4.71. The summed E-state index contributed by atoms with van der Waals surface area (Å²) in [6.45, 7) is 7.75. The highest BCUT2D eigenvalue weighted by molar-refractivity contribution is 5.87. The smallest absolute Gasteiger partial charge is 0.176 e. The van der Waals surface area contributed by atoms with Gasteiger partial charge in [-0.15, -0.1) is 0 Å². The first-order valence-electron chi connectivity index (χ1n) is 10.4. The number of fused-ring (bicyclic) bond motifs is 1. The predicted octanol–water partition coefficient (Wildman–Crippen LogP) is 3.13. The Bertz CT molecular complexity index is 915. The highest BCUT2D eigenvalue weighted by Crippen LogP contribution is 2.28. The number of benzene rings is 1. The lowest BCUT2D eigenvalue weighted by Gasteiger charge is -2.34. The summed E-state index contributed by atoms with van der Waals surface area (Å²) in [7, 11) is 0. The first-order valence-corrected chi connectivity index (χ1v) is 10.4. The minimum Gasteiger partial charge on any atom is -0.491 e. The highest BCUT2D eigenvalue weighted by atomic mass is 16.5. The van der Waals surface area contributed by atoms with Gasteiger partial charge in [0.05, 0.1) is 12.9 Å². The fourth-order valence-electron chi connectivity index (χ4n) is 3.82. The molecule has 6 nitrogen and oxygen atoms in total. The maximum absolute atomic E-state index is 8.85. The number of furan rings is 1. The minimum absolute atomic E-state index is 0.0275. The van der Waals surface area contributed by atoms with Gasteiger partial charge in [0.15, 0.2) is 11.4 Å². The largest absolute Gasteiger partial charge is 0.491 e. The van der Waals surface area contributed by atoms with Gasteiger partial charge in [-0.1, -0.05) is 19.1 Å². The van der Waals surface area contributed by atoms with Crippen LogP contribution in [0.1, 0.15) is 18.2 Å². The summed E-state index contributed by atoms with van der Waals surface area (Å²) >= 11 is 0. The molecule has 0 spiro atoms. The molecular formula is C23H29N3O3. The SMILES string of the molecule is CCN1CCN(c2nc(CCc3ccc(OCCO)cc3)cc3ccoc23)CC1. The zero-order chi connectivity index (χ0) is 20.1. The molecule has 0 saturated carbocycles. The fraction of sp³-hybridized carbons (Fsp3) is 0.435. The molecule has 0 aliphatic carbocycles. The van der Waals surface area contributed by atoms with Crippen LogP contribution in [0.3, 0.4) is 0 Å². The average Bonchev–Trinajstić information content (AvgIpc) is 3.25. The Labute approximate surface area is 171 Å². The number of rotatable bonds is 8. The molecule has 0 unspecified atom stereocenters. The number of aliphatic hydroxyl groups excluding tert-OH is 1. The summed E-state index contributed by atoms with van der Waals surface area (Å²) in [6, 6.07) is 12.2. The minimum atomic E-state index is 0.0275. The van der Waals surface area contributed by atoms with Gasteiger partial charge in [0, 0.05) is 37.3 Å². The van der Waals surface area contributed by atoms with E-state index in [2.05, 4.69) is 34.9 Å². The molecule has 3 heterocycles.